The third-order valence-electron chi connectivity index (χ3n) is 3.50. The van der Waals surface area contributed by atoms with Gasteiger partial charge in [-0.1, -0.05) is 12.1 Å². The fraction of sp³-hybridized carbons (Fsp3) is 0.562. The first-order valence-corrected chi connectivity index (χ1v) is 7.49. The largest absolute Gasteiger partial charge is 0.383 e. The molecule has 0 aliphatic carbocycles. The second-order valence-corrected chi connectivity index (χ2v) is 5.25. The van der Waals surface area contributed by atoms with E-state index < -0.39 is 0 Å². The maximum Gasteiger partial charge on any atom is 0.251 e. The number of likely N-dealkylation sites (N-methyl/N-ethyl adjacent to an activating group) is 1. The van der Waals surface area contributed by atoms with E-state index in [1.54, 1.807) is 13.2 Å². The Balaban J connectivity index is 1.80. The average molecular weight is 308 g/mol. The predicted molar refractivity (Wildman–Crippen MR) is 82.8 cm³/mol. The number of carbonyl (C=O) groups excluding carboxylic acids is 1. The average Bonchev–Trinajstić information content (AvgIpc) is 3.07. The normalized spacial score (nSPS) is 15.4. The molecular weight excluding hydrogens is 284 g/mol. The molecule has 1 fully saturated rings. The molecule has 2 rings (SSSR count). The molecule has 22 heavy (non-hydrogen) atoms. The number of ether oxygens (including phenoxy) is 3. The summed E-state index contributed by atoms with van der Waals surface area (Å²) < 4.78 is 15.9. The van der Waals surface area contributed by atoms with Gasteiger partial charge in [0.25, 0.3) is 5.91 Å². The van der Waals surface area contributed by atoms with Gasteiger partial charge in [-0.15, -0.1) is 0 Å². The molecule has 0 radical (unpaired) electrons. The van der Waals surface area contributed by atoms with Crippen molar-refractivity contribution in [3.63, 3.8) is 0 Å². The molecule has 6 heteroatoms. The fourth-order valence-corrected chi connectivity index (χ4v) is 2.20. The molecule has 1 amide bonds. The van der Waals surface area contributed by atoms with Gasteiger partial charge < -0.3 is 24.4 Å². The first-order chi connectivity index (χ1) is 10.7. The number of nitrogens with zero attached hydrogens (tertiary/aromatic N) is 1. The summed E-state index contributed by atoms with van der Waals surface area (Å²) in [4.78, 5) is 14.3. The summed E-state index contributed by atoms with van der Waals surface area (Å²) >= 11 is 0. The van der Waals surface area contributed by atoms with Gasteiger partial charge in [0.15, 0.2) is 6.29 Å². The molecule has 0 saturated carbocycles. The molecule has 0 spiro atoms. The lowest BCUT2D eigenvalue weighted by atomic mass is 10.1. The van der Waals surface area contributed by atoms with Crippen molar-refractivity contribution in [2.24, 2.45) is 0 Å². The van der Waals surface area contributed by atoms with Gasteiger partial charge in [0, 0.05) is 37.9 Å². The van der Waals surface area contributed by atoms with Crippen LogP contribution >= 0.6 is 0 Å². The van der Waals surface area contributed by atoms with Crippen LogP contribution in [0.2, 0.25) is 0 Å². The van der Waals surface area contributed by atoms with E-state index in [0.29, 0.717) is 31.9 Å². The molecule has 0 aromatic heterocycles. The molecule has 1 aliphatic rings. The Morgan fingerprint density at radius 3 is 2.86 bits per heavy atom. The van der Waals surface area contributed by atoms with Crippen LogP contribution in [0.4, 0.5) is 0 Å². The van der Waals surface area contributed by atoms with Crippen molar-refractivity contribution in [3.8, 4) is 0 Å². The van der Waals surface area contributed by atoms with E-state index in [4.69, 9.17) is 14.2 Å². The van der Waals surface area contributed by atoms with Gasteiger partial charge in [-0.05, 0) is 19.2 Å². The summed E-state index contributed by atoms with van der Waals surface area (Å²) in [5, 5.41) is 2.92. The molecule has 122 valence electrons. The van der Waals surface area contributed by atoms with Crippen molar-refractivity contribution in [2.45, 2.75) is 6.29 Å². The van der Waals surface area contributed by atoms with Crippen molar-refractivity contribution in [1.29, 1.82) is 0 Å². The smallest absolute Gasteiger partial charge is 0.251 e. The van der Waals surface area contributed by atoms with E-state index in [-0.39, 0.29) is 12.2 Å². The molecule has 6 nitrogen and oxygen atoms in total. The van der Waals surface area contributed by atoms with Gasteiger partial charge in [0.1, 0.15) is 0 Å². The number of rotatable bonds is 8. The molecular formula is C16H24N2O4. The van der Waals surface area contributed by atoms with Crippen LogP contribution in [0.3, 0.4) is 0 Å². The zero-order valence-electron chi connectivity index (χ0n) is 13.2. The Labute approximate surface area is 131 Å². The van der Waals surface area contributed by atoms with Gasteiger partial charge in [0.05, 0.1) is 19.8 Å². The summed E-state index contributed by atoms with van der Waals surface area (Å²) in [6.45, 7) is 4.10. The van der Waals surface area contributed by atoms with Crippen molar-refractivity contribution >= 4 is 5.91 Å². The molecule has 1 N–H and O–H groups in total. The highest BCUT2D eigenvalue weighted by atomic mass is 16.7. The Kier molecular flexibility index (Phi) is 6.79. The van der Waals surface area contributed by atoms with Crippen LogP contribution < -0.4 is 5.32 Å². The lowest BCUT2D eigenvalue weighted by Gasteiger charge is -2.16. The molecule has 1 aromatic carbocycles. The van der Waals surface area contributed by atoms with Gasteiger partial charge in [0.2, 0.25) is 0 Å². The lowest BCUT2D eigenvalue weighted by Crippen LogP contribution is -2.34. The molecule has 1 saturated heterocycles. The minimum atomic E-state index is -0.354. The topological polar surface area (TPSA) is 60.0 Å². The highest BCUT2D eigenvalue weighted by molar-refractivity contribution is 5.94. The SMILES string of the molecule is COCCN(C)CCNC(=O)c1cccc(C2OCCO2)c1. The summed E-state index contributed by atoms with van der Waals surface area (Å²) in [7, 11) is 3.68. The van der Waals surface area contributed by atoms with Crippen LogP contribution in [-0.2, 0) is 14.2 Å². The van der Waals surface area contributed by atoms with Crippen LogP contribution in [0.15, 0.2) is 24.3 Å². The molecule has 1 aromatic rings. The maximum atomic E-state index is 12.2. The van der Waals surface area contributed by atoms with Crippen molar-refractivity contribution < 1.29 is 19.0 Å². The van der Waals surface area contributed by atoms with Crippen molar-refractivity contribution in [1.82, 2.24) is 10.2 Å². The zero-order valence-corrected chi connectivity index (χ0v) is 13.2. The second-order valence-electron chi connectivity index (χ2n) is 5.25. The summed E-state index contributed by atoms with van der Waals surface area (Å²) in [6, 6.07) is 7.37. The predicted octanol–water partition coefficient (Wildman–Crippen LogP) is 1.04. The van der Waals surface area contributed by atoms with E-state index in [2.05, 4.69) is 10.2 Å². The number of amides is 1. The highest BCUT2D eigenvalue weighted by Crippen LogP contribution is 2.23. The second kappa shape index (κ2) is 8.85. The first kappa shape index (κ1) is 16.9. The van der Waals surface area contributed by atoms with E-state index in [1.165, 1.54) is 0 Å². The summed E-state index contributed by atoms with van der Waals surface area (Å²) in [6.07, 6.45) is -0.354. The number of carbonyl (C=O) groups is 1. The molecule has 1 aliphatic heterocycles. The Morgan fingerprint density at radius 2 is 2.14 bits per heavy atom. The zero-order chi connectivity index (χ0) is 15.8. The summed E-state index contributed by atoms with van der Waals surface area (Å²) in [5.41, 5.74) is 1.50. The number of benzene rings is 1. The number of nitrogens with one attached hydrogen (secondary N) is 1. The Morgan fingerprint density at radius 1 is 1.36 bits per heavy atom. The van der Waals surface area contributed by atoms with Crippen LogP contribution in [0.1, 0.15) is 22.2 Å². The highest BCUT2D eigenvalue weighted by Gasteiger charge is 2.19. The van der Waals surface area contributed by atoms with Crippen LogP contribution in [0, 0.1) is 0 Å². The maximum absolute atomic E-state index is 12.2. The van der Waals surface area contributed by atoms with E-state index in [0.717, 1.165) is 18.7 Å². The van der Waals surface area contributed by atoms with Gasteiger partial charge in [-0.25, -0.2) is 0 Å². The number of hydrogen-bond donors (Lipinski definition) is 1. The van der Waals surface area contributed by atoms with Crippen molar-refractivity contribution in [2.75, 3.05) is 53.6 Å². The lowest BCUT2D eigenvalue weighted by molar-refractivity contribution is -0.0441. The Bertz CT molecular complexity index is 475. The van der Waals surface area contributed by atoms with E-state index >= 15 is 0 Å². The minimum absolute atomic E-state index is 0.0833. The van der Waals surface area contributed by atoms with E-state index in [1.807, 2.05) is 25.2 Å². The fourth-order valence-electron chi connectivity index (χ4n) is 2.20. The van der Waals surface area contributed by atoms with Gasteiger partial charge >= 0.3 is 0 Å². The molecule has 0 bridgehead atoms. The molecule has 0 unspecified atom stereocenters. The first-order valence-electron chi connectivity index (χ1n) is 7.49. The molecule has 1 heterocycles. The third kappa shape index (κ3) is 5.06. The minimum Gasteiger partial charge on any atom is -0.383 e. The van der Waals surface area contributed by atoms with Crippen LogP contribution in [-0.4, -0.2) is 64.4 Å². The van der Waals surface area contributed by atoms with Crippen LogP contribution in [0.25, 0.3) is 0 Å². The van der Waals surface area contributed by atoms with Crippen molar-refractivity contribution in [3.05, 3.63) is 35.4 Å². The van der Waals surface area contributed by atoms with Crippen LogP contribution in [0.5, 0.6) is 0 Å². The Hall–Kier alpha value is -1.47. The van der Waals surface area contributed by atoms with E-state index in [9.17, 15) is 4.79 Å². The standard InChI is InChI=1S/C16H24N2O4/c1-18(8-9-20-2)7-6-17-15(19)13-4-3-5-14(12-13)16-21-10-11-22-16/h3-5,12,16H,6-11H2,1-2H3,(H,17,19). The van der Waals surface area contributed by atoms with Gasteiger partial charge in [-0.2, -0.15) is 0 Å². The quantitative estimate of drug-likeness (QED) is 0.777. The van der Waals surface area contributed by atoms with Gasteiger partial charge in [-0.3, -0.25) is 4.79 Å². The summed E-state index contributed by atoms with van der Waals surface area (Å²) in [5.74, 6) is -0.0833. The number of methoxy groups -OCH3 is 1. The molecule has 0 atom stereocenters. The third-order valence-corrected chi connectivity index (χ3v) is 3.50. The number of hydrogen-bond acceptors (Lipinski definition) is 5. The monoisotopic (exact) mass is 308 g/mol.